The van der Waals surface area contributed by atoms with Crippen LogP contribution in [0.25, 0.3) is 0 Å². The molecule has 0 bridgehead atoms. The van der Waals surface area contributed by atoms with Crippen LogP contribution in [0.3, 0.4) is 0 Å². The first-order chi connectivity index (χ1) is 7.24. The second-order valence-electron chi connectivity index (χ2n) is 4.45. The average Bonchev–Trinajstić information content (AvgIpc) is 2.56. The summed E-state index contributed by atoms with van der Waals surface area (Å²) in [5.41, 5.74) is 2.79. The zero-order valence-electron chi connectivity index (χ0n) is 9.27. The number of hydrogen-bond donors (Lipinski definition) is 0. The van der Waals surface area contributed by atoms with E-state index in [0.29, 0.717) is 18.5 Å². The largest absolute Gasteiger partial charge is 0.279 e. The average molecular weight is 200 g/mol. The minimum Gasteiger partial charge on any atom is -0.279 e. The summed E-state index contributed by atoms with van der Waals surface area (Å²) >= 11 is 0. The molecule has 1 aromatic carbocycles. The van der Waals surface area contributed by atoms with E-state index in [-0.39, 0.29) is 0 Å². The zero-order valence-corrected chi connectivity index (χ0v) is 9.27. The van der Waals surface area contributed by atoms with Gasteiger partial charge in [0.1, 0.15) is 0 Å². The Balaban J connectivity index is 2.34. The van der Waals surface area contributed by atoms with Gasteiger partial charge in [-0.3, -0.25) is 4.90 Å². The van der Waals surface area contributed by atoms with E-state index in [1.807, 2.05) is 0 Å². The Morgan fingerprint density at radius 2 is 2.20 bits per heavy atom. The maximum absolute atomic E-state index is 8.81. The summed E-state index contributed by atoms with van der Waals surface area (Å²) < 4.78 is 0. The van der Waals surface area contributed by atoms with E-state index in [1.165, 1.54) is 11.1 Å². The van der Waals surface area contributed by atoms with E-state index >= 15 is 0 Å². The quantitative estimate of drug-likeness (QED) is 0.686. The number of nitrogens with zero attached hydrogens (tertiary/aromatic N) is 2. The van der Waals surface area contributed by atoms with E-state index in [1.54, 1.807) is 0 Å². The Hall–Kier alpha value is -1.33. The van der Waals surface area contributed by atoms with Crippen molar-refractivity contribution in [3.8, 4) is 6.07 Å². The molecular weight excluding hydrogens is 184 g/mol. The van der Waals surface area contributed by atoms with Crippen LogP contribution in [-0.2, 0) is 6.54 Å². The topological polar surface area (TPSA) is 27.0 Å². The molecule has 1 aromatic rings. The Morgan fingerprint density at radius 3 is 2.87 bits per heavy atom. The van der Waals surface area contributed by atoms with Gasteiger partial charge < -0.3 is 0 Å². The fraction of sp³-hybridized carbons (Fsp3) is 0.462. The smallest absolute Gasteiger partial charge is 0.0873 e. The van der Waals surface area contributed by atoms with E-state index in [0.717, 1.165) is 6.54 Å². The molecule has 78 valence electrons. The first-order valence-electron chi connectivity index (χ1n) is 5.43. The van der Waals surface area contributed by atoms with Crippen LogP contribution in [-0.4, -0.2) is 11.4 Å². The number of fused-ring (bicyclic) bond motifs is 1. The second kappa shape index (κ2) is 4.04. The van der Waals surface area contributed by atoms with Gasteiger partial charge in [0.2, 0.25) is 0 Å². The third-order valence-electron chi connectivity index (χ3n) is 3.05. The predicted molar refractivity (Wildman–Crippen MR) is 60.0 cm³/mol. The normalized spacial score (nSPS) is 20.3. The molecule has 0 fully saturated rings. The minimum absolute atomic E-state index is 0.417. The Kier molecular flexibility index (Phi) is 2.75. The van der Waals surface area contributed by atoms with E-state index in [9.17, 15) is 0 Å². The lowest BCUT2D eigenvalue weighted by Crippen LogP contribution is -2.26. The van der Waals surface area contributed by atoms with Crippen LogP contribution in [0.15, 0.2) is 24.3 Å². The third-order valence-corrected chi connectivity index (χ3v) is 3.05. The molecule has 1 aliphatic rings. The van der Waals surface area contributed by atoms with Crippen LogP contribution in [0, 0.1) is 17.2 Å². The van der Waals surface area contributed by atoms with Crippen LogP contribution < -0.4 is 0 Å². The molecule has 2 heteroatoms. The van der Waals surface area contributed by atoms with Crippen molar-refractivity contribution in [3.63, 3.8) is 0 Å². The molecule has 0 aromatic heterocycles. The van der Waals surface area contributed by atoms with Crippen LogP contribution in [0.1, 0.15) is 31.0 Å². The van der Waals surface area contributed by atoms with Gasteiger partial charge in [-0.1, -0.05) is 38.1 Å². The van der Waals surface area contributed by atoms with Gasteiger partial charge in [0.25, 0.3) is 0 Å². The highest BCUT2D eigenvalue weighted by Crippen LogP contribution is 2.37. The number of rotatable bonds is 2. The van der Waals surface area contributed by atoms with Crippen molar-refractivity contribution in [1.29, 1.82) is 5.26 Å². The monoisotopic (exact) mass is 200 g/mol. The van der Waals surface area contributed by atoms with Gasteiger partial charge in [-0.2, -0.15) is 5.26 Å². The molecule has 0 radical (unpaired) electrons. The van der Waals surface area contributed by atoms with Gasteiger partial charge in [-0.05, 0) is 17.0 Å². The Morgan fingerprint density at radius 1 is 1.47 bits per heavy atom. The molecule has 0 saturated heterocycles. The zero-order chi connectivity index (χ0) is 10.8. The number of nitriles is 1. The van der Waals surface area contributed by atoms with Crippen LogP contribution in [0.4, 0.5) is 0 Å². The van der Waals surface area contributed by atoms with Gasteiger partial charge >= 0.3 is 0 Å². The summed E-state index contributed by atoms with van der Waals surface area (Å²) in [5, 5.41) is 8.81. The highest BCUT2D eigenvalue weighted by molar-refractivity contribution is 5.34. The van der Waals surface area contributed by atoms with Crippen molar-refractivity contribution in [2.45, 2.75) is 26.4 Å². The molecule has 1 aliphatic heterocycles. The number of hydrogen-bond acceptors (Lipinski definition) is 2. The van der Waals surface area contributed by atoms with Gasteiger partial charge in [-0.15, -0.1) is 0 Å². The molecule has 0 N–H and O–H groups in total. The molecule has 1 heterocycles. The van der Waals surface area contributed by atoms with Crippen LogP contribution in [0.2, 0.25) is 0 Å². The van der Waals surface area contributed by atoms with Gasteiger partial charge in [-0.25, -0.2) is 0 Å². The van der Waals surface area contributed by atoms with Crippen molar-refractivity contribution < 1.29 is 0 Å². The number of benzene rings is 1. The minimum atomic E-state index is 0.417. The Labute approximate surface area is 91.1 Å². The molecular formula is C13H16N2. The van der Waals surface area contributed by atoms with Crippen molar-refractivity contribution in [2.75, 3.05) is 6.54 Å². The summed E-state index contributed by atoms with van der Waals surface area (Å²) in [6, 6.07) is 11.2. The maximum Gasteiger partial charge on any atom is 0.0873 e. The lowest BCUT2D eigenvalue weighted by Gasteiger charge is -2.25. The van der Waals surface area contributed by atoms with Gasteiger partial charge in [0.05, 0.1) is 12.6 Å². The molecule has 15 heavy (non-hydrogen) atoms. The second-order valence-corrected chi connectivity index (χ2v) is 4.45. The standard InChI is InChI=1S/C13H16N2/c1-10(2)13-12-6-4-3-5-11(12)9-15(13)8-7-14/h3-6,10,13H,8-9H2,1-2H3. The summed E-state index contributed by atoms with van der Waals surface area (Å²) in [5.74, 6) is 0.557. The molecule has 2 nitrogen and oxygen atoms in total. The van der Waals surface area contributed by atoms with Crippen molar-refractivity contribution in [2.24, 2.45) is 5.92 Å². The summed E-state index contributed by atoms with van der Waals surface area (Å²) in [7, 11) is 0. The fourth-order valence-corrected chi connectivity index (χ4v) is 2.51. The molecule has 1 unspecified atom stereocenters. The Bertz CT molecular complexity index is 390. The SMILES string of the molecule is CC(C)C1c2ccccc2CN1CC#N. The van der Waals surface area contributed by atoms with Gasteiger partial charge in [0, 0.05) is 12.6 Å². The first kappa shape index (κ1) is 10.2. The fourth-order valence-electron chi connectivity index (χ4n) is 2.51. The predicted octanol–water partition coefficient (Wildman–Crippen LogP) is 2.72. The highest BCUT2D eigenvalue weighted by atomic mass is 15.2. The van der Waals surface area contributed by atoms with Crippen LogP contribution >= 0.6 is 0 Å². The van der Waals surface area contributed by atoms with E-state index in [4.69, 9.17) is 5.26 Å². The summed E-state index contributed by atoms with van der Waals surface area (Å²) in [4.78, 5) is 2.26. The maximum atomic E-state index is 8.81. The molecule has 0 aliphatic carbocycles. The molecule has 0 saturated carbocycles. The van der Waals surface area contributed by atoms with Crippen molar-refractivity contribution >= 4 is 0 Å². The molecule has 2 rings (SSSR count). The molecule has 0 spiro atoms. The first-order valence-corrected chi connectivity index (χ1v) is 5.43. The summed E-state index contributed by atoms with van der Waals surface area (Å²) in [6.45, 7) is 5.89. The van der Waals surface area contributed by atoms with Crippen LogP contribution in [0.5, 0.6) is 0 Å². The van der Waals surface area contributed by atoms with E-state index in [2.05, 4.69) is 49.1 Å². The van der Waals surface area contributed by atoms with Crippen molar-refractivity contribution in [1.82, 2.24) is 4.90 Å². The summed E-state index contributed by atoms with van der Waals surface area (Å²) in [6.07, 6.45) is 0. The lowest BCUT2D eigenvalue weighted by molar-refractivity contribution is 0.194. The molecule has 1 atom stereocenters. The van der Waals surface area contributed by atoms with Gasteiger partial charge in [0.15, 0.2) is 0 Å². The van der Waals surface area contributed by atoms with Crippen molar-refractivity contribution in [3.05, 3.63) is 35.4 Å². The van der Waals surface area contributed by atoms with E-state index < -0.39 is 0 Å². The third kappa shape index (κ3) is 1.75. The lowest BCUT2D eigenvalue weighted by atomic mass is 9.96. The highest BCUT2D eigenvalue weighted by Gasteiger charge is 2.31. The molecule has 0 amide bonds.